The fourth-order valence-corrected chi connectivity index (χ4v) is 1.42. The summed E-state index contributed by atoms with van der Waals surface area (Å²) in [5.74, 6) is 0. The summed E-state index contributed by atoms with van der Waals surface area (Å²) in [5, 5.41) is 18.1. The monoisotopic (exact) mass is 206 g/mol. The van der Waals surface area contributed by atoms with E-state index in [4.69, 9.17) is 5.11 Å². The Bertz CT molecular complexity index is 280. The Balaban J connectivity index is 2.22. The molecule has 0 saturated carbocycles. The molecule has 0 bridgehead atoms. The molecule has 2 nitrogen and oxygen atoms in total. The first-order chi connectivity index (χ1) is 7.33. The van der Waals surface area contributed by atoms with E-state index in [1.54, 1.807) is 6.08 Å². The molecule has 2 heteroatoms. The van der Waals surface area contributed by atoms with Crippen LogP contribution < -0.4 is 0 Å². The van der Waals surface area contributed by atoms with E-state index in [0.29, 0.717) is 6.42 Å². The van der Waals surface area contributed by atoms with Gasteiger partial charge < -0.3 is 10.2 Å². The van der Waals surface area contributed by atoms with E-state index in [9.17, 15) is 5.11 Å². The lowest BCUT2D eigenvalue weighted by Gasteiger charge is -2.07. The highest BCUT2D eigenvalue weighted by Gasteiger charge is 2.01. The molecule has 0 heterocycles. The van der Waals surface area contributed by atoms with Gasteiger partial charge in [0, 0.05) is 0 Å². The standard InChI is InChI=1S/C13H18O2/c14-11-5-4-8-13(15)10-9-12-6-2-1-3-7-12/h1-7,13-15H,8-11H2/b5-4-. The highest BCUT2D eigenvalue weighted by Crippen LogP contribution is 2.07. The molecule has 1 unspecified atom stereocenters. The third-order valence-corrected chi connectivity index (χ3v) is 2.29. The van der Waals surface area contributed by atoms with Crippen LogP contribution in [0.1, 0.15) is 18.4 Å². The topological polar surface area (TPSA) is 40.5 Å². The third kappa shape index (κ3) is 5.35. The minimum absolute atomic E-state index is 0.0470. The largest absolute Gasteiger partial charge is 0.393 e. The molecule has 0 aliphatic carbocycles. The Labute approximate surface area is 90.9 Å². The quantitative estimate of drug-likeness (QED) is 0.698. The lowest BCUT2D eigenvalue weighted by atomic mass is 10.1. The first kappa shape index (κ1) is 12.0. The van der Waals surface area contributed by atoms with Gasteiger partial charge in [-0.15, -0.1) is 0 Å². The number of benzene rings is 1. The van der Waals surface area contributed by atoms with E-state index >= 15 is 0 Å². The van der Waals surface area contributed by atoms with Crippen molar-refractivity contribution in [3.63, 3.8) is 0 Å². The first-order valence-electron chi connectivity index (χ1n) is 5.30. The summed E-state index contributed by atoms with van der Waals surface area (Å²) in [6, 6.07) is 10.1. The number of hydrogen-bond acceptors (Lipinski definition) is 2. The predicted molar refractivity (Wildman–Crippen MR) is 61.6 cm³/mol. The van der Waals surface area contributed by atoms with Crippen LogP contribution in [-0.2, 0) is 6.42 Å². The van der Waals surface area contributed by atoms with Crippen molar-refractivity contribution >= 4 is 0 Å². The molecule has 1 atom stereocenters. The summed E-state index contributed by atoms with van der Waals surface area (Å²) in [6.45, 7) is 0.0470. The van der Waals surface area contributed by atoms with E-state index in [1.165, 1.54) is 5.56 Å². The molecule has 1 rings (SSSR count). The zero-order valence-electron chi connectivity index (χ0n) is 8.84. The molecule has 82 valence electrons. The highest BCUT2D eigenvalue weighted by molar-refractivity contribution is 5.14. The van der Waals surface area contributed by atoms with Crippen molar-refractivity contribution < 1.29 is 10.2 Å². The number of hydrogen-bond donors (Lipinski definition) is 2. The number of aliphatic hydroxyl groups is 2. The van der Waals surface area contributed by atoms with Gasteiger partial charge in [0.25, 0.3) is 0 Å². The molecule has 0 spiro atoms. The van der Waals surface area contributed by atoms with Crippen LogP contribution in [0.15, 0.2) is 42.5 Å². The van der Waals surface area contributed by atoms with E-state index in [0.717, 1.165) is 12.8 Å². The Kier molecular flexibility index (Phi) is 5.74. The van der Waals surface area contributed by atoms with Crippen LogP contribution in [0.25, 0.3) is 0 Å². The predicted octanol–water partition coefficient (Wildman–Crippen LogP) is 1.92. The van der Waals surface area contributed by atoms with Gasteiger partial charge in [-0.3, -0.25) is 0 Å². The summed E-state index contributed by atoms with van der Waals surface area (Å²) in [4.78, 5) is 0. The third-order valence-electron chi connectivity index (χ3n) is 2.29. The zero-order valence-corrected chi connectivity index (χ0v) is 8.84. The number of aliphatic hydroxyl groups excluding tert-OH is 2. The van der Waals surface area contributed by atoms with Crippen LogP contribution in [0.2, 0.25) is 0 Å². The maximum absolute atomic E-state index is 9.60. The van der Waals surface area contributed by atoms with Crippen LogP contribution >= 0.6 is 0 Å². The highest BCUT2D eigenvalue weighted by atomic mass is 16.3. The fourth-order valence-electron chi connectivity index (χ4n) is 1.42. The van der Waals surface area contributed by atoms with E-state index in [-0.39, 0.29) is 12.7 Å². The van der Waals surface area contributed by atoms with Crippen molar-refractivity contribution in [2.24, 2.45) is 0 Å². The molecule has 0 fully saturated rings. The lowest BCUT2D eigenvalue weighted by molar-refractivity contribution is 0.168. The van der Waals surface area contributed by atoms with Crippen molar-refractivity contribution in [3.05, 3.63) is 48.0 Å². The van der Waals surface area contributed by atoms with Crippen molar-refractivity contribution in [1.29, 1.82) is 0 Å². The minimum atomic E-state index is -0.312. The van der Waals surface area contributed by atoms with Crippen LogP contribution in [-0.4, -0.2) is 22.9 Å². The Morgan fingerprint density at radius 2 is 1.87 bits per heavy atom. The maximum Gasteiger partial charge on any atom is 0.0612 e. The van der Waals surface area contributed by atoms with Crippen molar-refractivity contribution in [2.75, 3.05) is 6.61 Å². The summed E-state index contributed by atoms with van der Waals surface area (Å²) in [6.07, 6.45) is 5.44. The van der Waals surface area contributed by atoms with Crippen LogP contribution in [0.4, 0.5) is 0 Å². The summed E-state index contributed by atoms with van der Waals surface area (Å²) in [7, 11) is 0. The van der Waals surface area contributed by atoms with Gasteiger partial charge in [0.05, 0.1) is 12.7 Å². The average Bonchev–Trinajstić information content (AvgIpc) is 2.28. The zero-order chi connectivity index (χ0) is 10.9. The molecular weight excluding hydrogens is 188 g/mol. The summed E-state index contributed by atoms with van der Waals surface area (Å²) >= 11 is 0. The lowest BCUT2D eigenvalue weighted by Crippen LogP contribution is -2.06. The molecule has 2 N–H and O–H groups in total. The summed E-state index contributed by atoms with van der Waals surface area (Å²) < 4.78 is 0. The molecule has 0 aliphatic rings. The molecule has 0 radical (unpaired) electrons. The second-order valence-corrected chi connectivity index (χ2v) is 3.57. The maximum atomic E-state index is 9.60. The summed E-state index contributed by atoms with van der Waals surface area (Å²) in [5.41, 5.74) is 1.25. The van der Waals surface area contributed by atoms with Gasteiger partial charge in [-0.25, -0.2) is 0 Å². The smallest absolute Gasteiger partial charge is 0.0612 e. The van der Waals surface area contributed by atoms with Gasteiger partial charge in [0.15, 0.2) is 0 Å². The Hall–Kier alpha value is -1.12. The fraction of sp³-hybridized carbons (Fsp3) is 0.385. The average molecular weight is 206 g/mol. The normalized spacial score (nSPS) is 13.2. The molecule has 1 aromatic carbocycles. The van der Waals surface area contributed by atoms with E-state index in [1.807, 2.05) is 24.3 Å². The first-order valence-corrected chi connectivity index (χ1v) is 5.30. The minimum Gasteiger partial charge on any atom is -0.393 e. The molecule has 1 aromatic rings. The second kappa shape index (κ2) is 7.21. The van der Waals surface area contributed by atoms with Crippen LogP contribution in [0.3, 0.4) is 0 Å². The SMILES string of the molecule is OC/C=C\CC(O)CCc1ccccc1. The Morgan fingerprint density at radius 3 is 2.53 bits per heavy atom. The van der Waals surface area contributed by atoms with Crippen molar-refractivity contribution in [3.8, 4) is 0 Å². The van der Waals surface area contributed by atoms with Gasteiger partial charge in [0.2, 0.25) is 0 Å². The van der Waals surface area contributed by atoms with E-state index in [2.05, 4.69) is 12.1 Å². The molecule has 0 aliphatic heterocycles. The molecule has 0 aromatic heterocycles. The number of aryl methyl sites for hydroxylation is 1. The molecule has 0 saturated heterocycles. The molecule has 15 heavy (non-hydrogen) atoms. The van der Waals surface area contributed by atoms with Gasteiger partial charge >= 0.3 is 0 Å². The van der Waals surface area contributed by atoms with E-state index < -0.39 is 0 Å². The van der Waals surface area contributed by atoms with Crippen LogP contribution in [0.5, 0.6) is 0 Å². The van der Waals surface area contributed by atoms with Gasteiger partial charge in [0.1, 0.15) is 0 Å². The van der Waals surface area contributed by atoms with Gasteiger partial charge in [-0.05, 0) is 24.8 Å². The molecule has 0 amide bonds. The second-order valence-electron chi connectivity index (χ2n) is 3.57. The Morgan fingerprint density at radius 1 is 1.13 bits per heavy atom. The van der Waals surface area contributed by atoms with Gasteiger partial charge in [-0.2, -0.15) is 0 Å². The van der Waals surface area contributed by atoms with Crippen molar-refractivity contribution in [1.82, 2.24) is 0 Å². The van der Waals surface area contributed by atoms with Crippen molar-refractivity contribution in [2.45, 2.75) is 25.4 Å². The van der Waals surface area contributed by atoms with Gasteiger partial charge in [-0.1, -0.05) is 42.5 Å². The van der Waals surface area contributed by atoms with Crippen LogP contribution in [0, 0.1) is 0 Å². The molecular formula is C13H18O2. The number of rotatable bonds is 6.